The minimum absolute atomic E-state index is 0. The lowest BCUT2D eigenvalue weighted by molar-refractivity contribution is 0.0945. The fourth-order valence-corrected chi connectivity index (χ4v) is 3.02. The van der Waals surface area contributed by atoms with Crippen molar-refractivity contribution in [3.63, 3.8) is 0 Å². The molecule has 1 fully saturated rings. The number of amides is 1. The van der Waals surface area contributed by atoms with E-state index in [4.69, 9.17) is 0 Å². The van der Waals surface area contributed by atoms with Gasteiger partial charge in [0.15, 0.2) is 5.69 Å². The van der Waals surface area contributed by atoms with Gasteiger partial charge in [-0.25, -0.2) is 4.68 Å². The summed E-state index contributed by atoms with van der Waals surface area (Å²) in [6.07, 6.45) is 2.04. The molecule has 3 rings (SSSR count). The fraction of sp³-hybridized carbons (Fsp3) is 0.471. The van der Waals surface area contributed by atoms with Gasteiger partial charge in [0.25, 0.3) is 5.91 Å². The number of hydrogen-bond acceptors (Lipinski definition) is 4. The number of carbonyl (C=O) groups excluding carboxylic acids is 1. The Morgan fingerprint density at radius 3 is 2.71 bits per heavy atom. The molecule has 0 saturated carbocycles. The molecule has 0 bridgehead atoms. The van der Waals surface area contributed by atoms with Gasteiger partial charge in [0, 0.05) is 6.54 Å². The summed E-state index contributed by atoms with van der Waals surface area (Å²) >= 11 is 0. The molecule has 2 N–H and O–H groups in total. The highest BCUT2D eigenvalue weighted by Gasteiger charge is 2.22. The minimum Gasteiger partial charge on any atom is -0.346 e. The first-order valence-corrected chi connectivity index (χ1v) is 8.12. The maximum atomic E-state index is 12.4. The molecule has 24 heavy (non-hydrogen) atoms. The van der Waals surface area contributed by atoms with E-state index in [0.29, 0.717) is 18.3 Å². The van der Waals surface area contributed by atoms with Crippen molar-refractivity contribution in [2.24, 2.45) is 0 Å². The Morgan fingerprint density at radius 1 is 1.29 bits per heavy atom. The lowest BCUT2D eigenvalue weighted by atomic mass is 10.1. The van der Waals surface area contributed by atoms with Crippen LogP contribution in [0.15, 0.2) is 24.3 Å². The Hall–Kier alpha value is -1.92. The lowest BCUT2D eigenvalue weighted by Crippen LogP contribution is -2.30. The van der Waals surface area contributed by atoms with Crippen LogP contribution < -0.4 is 10.6 Å². The first-order valence-electron chi connectivity index (χ1n) is 8.12. The van der Waals surface area contributed by atoms with Gasteiger partial charge in [-0.05, 0) is 50.9 Å². The third-order valence-corrected chi connectivity index (χ3v) is 4.50. The lowest BCUT2D eigenvalue weighted by Gasteiger charge is -2.23. The molecule has 6 nitrogen and oxygen atoms in total. The molecule has 130 valence electrons. The average Bonchev–Trinajstić information content (AvgIpc) is 2.96. The molecule has 2 aromatic rings. The van der Waals surface area contributed by atoms with Gasteiger partial charge in [0.2, 0.25) is 0 Å². The number of nitrogens with one attached hydrogen (secondary N) is 2. The standard InChI is InChI=1S/C17H23N5O.ClH/c1-12-5-3-4-6-14(12)11-19-17(23)16-13(2)22(21-20-16)15-7-9-18-10-8-15;/h3-6,15,18H,7-11H2,1-2H3,(H,19,23);1H. The molecule has 0 aliphatic carbocycles. The van der Waals surface area contributed by atoms with Crippen molar-refractivity contribution < 1.29 is 4.79 Å². The van der Waals surface area contributed by atoms with E-state index in [1.807, 2.05) is 42.8 Å². The molecule has 1 saturated heterocycles. The number of hydrogen-bond donors (Lipinski definition) is 2. The van der Waals surface area contributed by atoms with Gasteiger partial charge in [0.05, 0.1) is 11.7 Å². The van der Waals surface area contributed by atoms with Crippen molar-refractivity contribution in [1.82, 2.24) is 25.6 Å². The van der Waals surface area contributed by atoms with Gasteiger partial charge >= 0.3 is 0 Å². The fourth-order valence-electron chi connectivity index (χ4n) is 3.02. The van der Waals surface area contributed by atoms with E-state index in [1.54, 1.807) is 0 Å². The Balaban J connectivity index is 0.00000208. The average molecular weight is 350 g/mol. The van der Waals surface area contributed by atoms with E-state index in [1.165, 1.54) is 5.56 Å². The van der Waals surface area contributed by atoms with Crippen molar-refractivity contribution in [2.75, 3.05) is 13.1 Å². The van der Waals surface area contributed by atoms with Crippen molar-refractivity contribution in [3.05, 3.63) is 46.8 Å². The number of aryl methyl sites for hydroxylation is 1. The van der Waals surface area contributed by atoms with Gasteiger partial charge in [-0.2, -0.15) is 0 Å². The normalized spacial score (nSPS) is 14.9. The molecule has 2 heterocycles. The second-order valence-electron chi connectivity index (χ2n) is 6.06. The maximum absolute atomic E-state index is 12.4. The second-order valence-corrected chi connectivity index (χ2v) is 6.06. The molecule has 1 amide bonds. The molecule has 1 aliphatic rings. The van der Waals surface area contributed by atoms with Gasteiger partial charge in [-0.3, -0.25) is 4.79 Å². The summed E-state index contributed by atoms with van der Waals surface area (Å²) in [6, 6.07) is 8.37. The minimum atomic E-state index is -0.161. The smallest absolute Gasteiger partial charge is 0.274 e. The molecule has 1 aromatic carbocycles. The summed E-state index contributed by atoms with van der Waals surface area (Å²) in [6.45, 7) is 6.44. The molecular weight excluding hydrogens is 326 g/mol. The van der Waals surface area contributed by atoms with E-state index in [-0.39, 0.29) is 18.3 Å². The third-order valence-electron chi connectivity index (χ3n) is 4.50. The Morgan fingerprint density at radius 2 is 2.00 bits per heavy atom. The van der Waals surface area contributed by atoms with Crippen LogP contribution in [0.5, 0.6) is 0 Å². The molecular formula is C17H24ClN5O. The van der Waals surface area contributed by atoms with Crippen LogP contribution in [-0.2, 0) is 6.54 Å². The topological polar surface area (TPSA) is 71.8 Å². The highest BCUT2D eigenvalue weighted by Crippen LogP contribution is 2.20. The second kappa shape index (κ2) is 8.26. The number of benzene rings is 1. The Kier molecular flexibility index (Phi) is 6.34. The molecule has 0 unspecified atom stereocenters. The van der Waals surface area contributed by atoms with Crippen LogP contribution in [0.2, 0.25) is 0 Å². The summed E-state index contributed by atoms with van der Waals surface area (Å²) in [5.74, 6) is -0.161. The Labute approximate surface area is 148 Å². The molecule has 0 spiro atoms. The third kappa shape index (κ3) is 3.94. The van der Waals surface area contributed by atoms with Gasteiger partial charge in [0.1, 0.15) is 0 Å². The zero-order chi connectivity index (χ0) is 16.2. The summed E-state index contributed by atoms with van der Waals surface area (Å²) in [5.41, 5.74) is 3.56. The number of halogens is 1. The summed E-state index contributed by atoms with van der Waals surface area (Å²) in [4.78, 5) is 12.4. The zero-order valence-corrected chi connectivity index (χ0v) is 14.9. The van der Waals surface area contributed by atoms with Gasteiger partial charge in [-0.15, -0.1) is 17.5 Å². The molecule has 0 radical (unpaired) electrons. The van der Waals surface area contributed by atoms with Gasteiger partial charge in [-0.1, -0.05) is 29.5 Å². The SMILES string of the molecule is Cc1ccccc1CNC(=O)c1nnn(C2CCNCC2)c1C.Cl. The maximum Gasteiger partial charge on any atom is 0.274 e. The number of nitrogens with zero attached hydrogens (tertiary/aromatic N) is 3. The van der Waals surface area contributed by atoms with Gasteiger partial charge < -0.3 is 10.6 Å². The first-order chi connectivity index (χ1) is 11.2. The summed E-state index contributed by atoms with van der Waals surface area (Å²) < 4.78 is 1.91. The van der Waals surface area contributed by atoms with Crippen molar-refractivity contribution in [3.8, 4) is 0 Å². The number of rotatable bonds is 4. The monoisotopic (exact) mass is 349 g/mol. The summed E-state index contributed by atoms with van der Waals surface area (Å²) in [5, 5.41) is 14.6. The van der Waals surface area contributed by atoms with Crippen LogP contribution in [0.4, 0.5) is 0 Å². The predicted molar refractivity (Wildman–Crippen MR) is 95.5 cm³/mol. The highest BCUT2D eigenvalue weighted by molar-refractivity contribution is 5.93. The quantitative estimate of drug-likeness (QED) is 0.887. The first kappa shape index (κ1) is 18.4. The zero-order valence-electron chi connectivity index (χ0n) is 14.1. The highest BCUT2D eigenvalue weighted by atomic mass is 35.5. The van der Waals surface area contributed by atoms with Crippen LogP contribution in [0, 0.1) is 13.8 Å². The molecule has 0 atom stereocenters. The van der Waals surface area contributed by atoms with E-state index in [0.717, 1.165) is 37.2 Å². The number of aromatic nitrogens is 3. The predicted octanol–water partition coefficient (Wildman–Crippen LogP) is 2.17. The number of piperidine rings is 1. The van der Waals surface area contributed by atoms with Crippen LogP contribution in [0.1, 0.15) is 46.2 Å². The van der Waals surface area contributed by atoms with Crippen molar-refractivity contribution in [1.29, 1.82) is 0 Å². The van der Waals surface area contributed by atoms with E-state index >= 15 is 0 Å². The van der Waals surface area contributed by atoms with E-state index < -0.39 is 0 Å². The molecule has 1 aromatic heterocycles. The van der Waals surface area contributed by atoms with Crippen LogP contribution >= 0.6 is 12.4 Å². The largest absolute Gasteiger partial charge is 0.346 e. The summed E-state index contributed by atoms with van der Waals surface area (Å²) in [7, 11) is 0. The van der Waals surface area contributed by atoms with E-state index in [9.17, 15) is 4.79 Å². The molecule has 1 aliphatic heterocycles. The van der Waals surface area contributed by atoms with Crippen LogP contribution in [0.3, 0.4) is 0 Å². The van der Waals surface area contributed by atoms with Crippen molar-refractivity contribution in [2.45, 2.75) is 39.3 Å². The number of carbonyl (C=O) groups is 1. The Bertz CT molecular complexity index is 694. The van der Waals surface area contributed by atoms with Crippen LogP contribution in [0.25, 0.3) is 0 Å². The molecule has 7 heteroatoms. The van der Waals surface area contributed by atoms with Crippen molar-refractivity contribution >= 4 is 18.3 Å². The van der Waals surface area contributed by atoms with E-state index in [2.05, 4.69) is 20.9 Å². The van der Waals surface area contributed by atoms with Crippen LogP contribution in [-0.4, -0.2) is 34.0 Å².